The summed E-state index contributed by atoms with van der Waals surface area (Å²) in [6.07, 6.45) is 3.58. The Morgan fingerprint density at radius 3 is 2.80 bits per heavy atom. The number of para-hydroxylation sites is 1. The number of aromatic amines is 1. The molecule has 25 heavy (non-hydrogen) atoms. The number of amides is 1. The van der Waals surface area contributed by atoms with E-state index in [9.17, 15) is 14.4 Å². The number of aryl methyl sites for hydroxylation is 1. The molecule has 0 bridgehead atoms. The molecule has 1 amide bonds. The van der Waals surface area contributed by atoms with Crippen molar-refractivity contribution in [3.05, 3.63) is 45.1 Å². The van der Waals surface area contributed by atoms with Gasteiger partial charge in [0.2, 0.25) is 5.91 Å². The lowest BCUT2D eigenvalue weighted by Gasteiger charge is -2.34. The van der Waals surface area contributed by atoms with Crippen molar-refractivity contribution in [1.82, 2.24) is 14.9 Å². The van der Waals surface area contributed by atoms with Crippen molar-refractivity contribution in [3.8, 4) is 0 Å². The van der Waals surface area contributed by atoms with Crippen molar-refractivity contribution in [1.29, 1.82) is 0 Å². The molecule has 0 spiro atoms. The number of hydrogen-bond acceptors (Lipinski definition) is 3. The molecule has 0 unspecified atom stereocenters. The zero-order chi connectivity index (χ0) is 18.0. The molecule has 1 fully saturated rings. The molecule has 0 aliphatic heterocycles. The molecule has 1 aromatic heterocycles. The Hall–Kier alpha value is -2.37. The van der Waals surface area contributed by atoms with E-state index in [-0.39, 0.29) is 24.9 Å². The number of fused-ring (bicyclic) bond motifs is 1. The molecule has 1 aromatic carbocycles. The Kier molecular flexibility index (Phi) is 5.06. The van der Waals surface area contributed by atoms with Crippen LogP contribution in [-0.2, 0) is 11.3 Å². The maximum absolute atomic E-state index is 12.4. The Morgan fingerprint density at radius 2 is 2.00 bits per heavy atom. The third-order valence-corrected chi connectivity index (χ3v) is 5.52. The number of rotatable bonds is 4. The molecule has 0 saturated heterocycles. The van der Waals surface area contributed by atoms with Gasteiger partial charge >= 0.3 is 5.69 Å². The highest BCUT2D eigenvalue weighted by Crippen LogP contribution is 2.29. The van der Waals surface area contributed by atoms with Gasteiger partial charge in [0, 0.05) is 19.0 Å². The monoisotopic (exact) mass is 343 g/mol. The van der Waals surface area contributed by atoms with Crippen molar-refractivity contribution in [2.75, 3.05) is 0 Å². The predicted octanol–water partition coefficient (Wildman–Crippen LogP) is 2.02. The average molecular weight is 343 g/mol. The van der Waals surface area contributed by atoms with E-state index in [0.717, 1.165) is 12.8 Å². The van der Waals surface area contributed by atoms with Gasteiger partial charge in [-0.2, -0.15) is 0 Å². The third-order valence-electron chi connectivity index (χ3n) is 5.52. The quantitative estimate of drug-likeness (QED) is 0.891. The summed E-state index contributed by atoms with van der Waals surface area (Å²) < 4.78 is 1.46. The van der Waals surface area contributed by atoms with Crippen molar-refractivity contribution in [3.63, 3.8) is 0 Å². The van der Waals surface area contributed by atoms with Crippen LogP contribution in [0, 0.1) is 11.8 Å². The van der Waals surface area contributed by atoms with Crippen LogP contribution in [0.25, 0.3) is 10.9 Å². The predicted molar refractivity (Wildman–Crippen MR) is 97.6 cm³/mol. The van der Waals surface area contributed by atoms with E-state index in [1.807, 2.05) is 0 Å². The van der Waals surface area contributed by atoms with Crippen molar-refractivity contribution >= 4 is 16.8 Å². The summed E-state index contributed by atoms with van der Waals surface area (Å²) in [6.45, 7) is 4.67. The smallest absolute Gasteiger partial charge is 0.328 e. The maximum Gasteiger partial charge on any atom is 0.328 e. The second-order valence-corrected chi connectivity index (χ2v) is 7.12. The van der Waals surface area contributed by atoms with Crippen molar-refractivity contribution in [2.24, 2.45) is 11.8 Å². The summed E-state index contributed by atoms with van der Waals surface area (Å²) in [6, 6.07) is 7.15. The number of carbonyl (C=O) groups excluding carboxylic acids is 1. The molecule has 3 rings (SSSR count). The topological polar surface area (TPSA) is 84.0 Å². The molecule has 2 aromatic rings. The van der Waals surface area contributed by atoms with E-state index in [4.69, 9.17) is 0 Å². The van der Waals surface area contributed by atoms with Crippen LogP contribution < -0.4 is 16.6 Å². The highest BCUT2D eigenvalue weighted by Gasteiger charge is 2.27. The van der Waals surface area contributed by atoms with E-state index in [1.165, 1.54) is 11.0 Å². The first kappa shape index (κ1) is 17.5. The number of nitrogens with one attached hydrogen (secondary N) is 2. The average Bonchev–Trinajstić information content (AvgIpc) is 2.59. The summed E-state index contributed by atoms with van der Waals surface area (Å²) in [7, 11) is 0. The lowest BCUT2D eigenvalue weighted by molar-refractivity contribution is -0.122. The van der Waals surface area contributed by atoms with Gasteiger partial charge < -0.3 is 5.32 Å². The van der Waals surface area contributed by atoms with Crippen LogP contribution in [-0.4, -0.2) is 21.5 Å². The fourth-order valence-electron chi connectivity index (χ4n) is 3.74. The maximum atomic E-state index is 12.4. The zero-order valence-electron chi connectivity index (χ0n) is 14.7. The van der Waals surface area contributed by atoms with E-state index in [0.29, 0.717) is 22.7 Å². The van der Waals surface area contributed by atoms with Crippen LogP contribution in [0.3, 0.4) is 0 Å². The Labute approximate surface area is 146 Å². The van der Waals surface area contributed by atoms with Gasteiger partial charge in [-0.1, -0.05) is 38.8 Å². The minimum absolute atomic E-state index is 0.0480. The summed E-state index contributed by atoms with van der Waals surface area (Å²) in [5, 5.41) is 3.58. The van der Waals surface area contributed by atoms with Crippen LogP contribution in [0.15, 0.2) is 33.9 Å². The molecule has 2 N–H and O–H groups in total. The molecule has 3 atom stereocenters. The van der Waals surface area contributed by atoms with Gasteiger partial charge in [-0.3, -0.25) is 19.1 Å². The van der Waals surface area contributed by atoms with Gasteiger partial charge in [-0.25, -0.2) is 4.79 Å². The van der Waals surface area contributed by atoms with Crippen LogP contribution in [0.1, 0.15) is 39.5 Å². The first-order valence-corrected chi connectivity index (χ1v) is 8.98. The molecule has 0 radical (unpaired) electrons. The summed E-state index contributed by atoms with van der Waals surface area (Å²) in [5.74, 6) is 1.03. The summed E-state index contributed by atoms with van der Waals surface area (Å²) in [5.41, 5.74) is -0.314. The number of aromatic nitrogens is 2. The lowest BCUT2D eigenvalue weighted by Crippen LogP contribution is -2.44. The fourth-order valence-corrected chi connectivity index (χ4v) is 3.74. The first-order valence-electron chi connectivity index (χ1n) is 8.98. The van der Waals surface area contributed by atoms with E-state index >= 15 is 0 Å². The van der Waals surface area contributed by atoms with Gasteiger partial charge in [0.25, 0.3) is 5.56 Å². The standard InChI is InChI=1S/C19H25N3O3/c1-12-6-5-8-15(13(12)2)20-17(23)10-11-22-16-9-4-3-7-14(16)18(24)21-19(22)25/h3-4,7,9,12-13,15H,5-6,8,10-11H2,1-2H3,(H,20,23)(H,21,24,25)/t12-,13-,15-/m1/s1. The number of carbonyl (C=O) groups is 1. The van der Waals surface area contributed by atoms with Gasteiger partial charge in [-0.15, -0.1) is 0 Å². The Balaban J connectivity index is 1.72. The Morgan fingerprint density at radius 1 is 1.24 bits per heavy atom. The van der Waals surface area contributed by atoms with Crippen molar-refractivity contribution in [2.45, 2.75) is 52.1 Å². The van der Waals surface area contributed by atoms with E-state index in [2.05, 4.69) is 24.1 Å². The number of H-pyrrole nitrogens is 1. The fraction of sp³-hybridized carbons (Fsp3) is 0.526. The normalized spacial score (nSPS) is 23.5. The van der Waals surface area contributed by atoms with Crippen LogP contribution in [0.2, 0.25) is 0 Å². The molecular weight excluding hydrogens is 318 g/mol. The van der Waals surface area contributed by atoms with Crippen LogP contribution in [0.5, 0.6) is 0 Å². The second-order valence-electron chi connectivity index (χ2n) is 7.12. The SMILES string of the molecule is C[C@@H]1[C@H](C)CCC[C@H]1NC(=O)CCn1c(=O)[nH]c(=O)c2ccccc21. The molecule has 1 aliphatic rings. The van der Waals surface area contributed by atoms with Crippen molar-refractivity contribution < 1.29 is 4.79 Å². The number of hydrogen-bond donors (Lipinski definition) is 2. The van der Waals surface area contributed by atoms with Gasteiger partial charge in [0.15, 0.2) is 0 Å². The molecule has 6 heteroatoms. The van der Waals surface area contributed by atoms with Gasteiger partial charge in [0.1, 0.15) is 0 Å². The molecular formula is C19H25N3O3. The molecule has 6 nitrogen and oxygen atoms in total. The second kappa shape index (κ2) is 7.25. The van der Waals surface area contributed by atoms with E-state index < -0.39 is 11.2 Å². The molecule has 1 heterocycles. The summed E-state index contributed by atoms with van der Waals surface area (Å²) in [4.78, 5) is 38.7. The van der Waals surface area contributed by atoms with Gasteiger partial charge in [-0.05, 0) is 30.4 Å². The highest BCUT2D eigenvalue weighted by molar-refractivity contribution is 5.79. The molecule has 1 aliphatic carbocycles. The van der Waals surface area contributed by atoms with Crippen LogP contribution in [0.4, 0.5) is 0 Å². The highest BCUT2D eigenvalue weighted by atomic mass is 16.2. The molecule has 1 saturated carbocycles. The number of benzene rings is 1. The van der Waals surface area contributed by atoms with Gasteiger partial charge in [0.05, 0.1) is 10.9 Å². The Bertz CT molecular complexity index is 883. The summed E-state index contributed by atoms with van der Waals surface area (Å²) >= 11 is 0. The minimum atomic E-state index is -0.476. The largest absolute Gasteiger partial charge is 0.353 e. The minimum Gasteiger partial charge on any atom is -0.353 e. The first-order chi connectivity index (χ1) is 12.0. The third kappa shape index (κ3) is 3.67. The van der Waals surface area contributed by atoms with E-state index in [1.54, 1.807) is 24.3 Å². The lowest BCUT2D eigenvalue weighted by atomic mass is 9.78. The zero-order valence-corrected chi connectivity index (χ0v) is 14.7. The molecule has 134 valence electrons. The van der Waals surface area contributed by atoms with Crippen LogP contribution >= 0.6 is 0 Å². The number of nitrogens with zero attached hydrogens (tertiary/aromatic N) is 1.